The molecule has 1 N–H and O–H groups in total. The van der Waals surface area contributed by atoms with Crippen LogP contribution in [-0.2, 0) is 0 Å². The molecule has 0 aliphatic carbocycles. The first-order chi connectivity index (χ1) is 7.99. The molecule has 2 nitrogen and oxygen atoms in total. The van der Waals surface area contributed by atoms with Crippen LogP contribution in [-0.4, -0.2) is 23.6 Å². The zero-order valence-corrected chi connectivity index (χ0v) is 10.2. The van der Waals surface area contributed by atoms with Crippen LogP contribution in [0.4, 0.5) is 8.78 Å². The highest BCUT2D eigenvalue weighted by Crippen LogP contribution is 2.26. The fourth-order valence-corrected chi connectivity index (χ4v) is 1.49. The van der Waals surface area contributed by atoms with Crippen LogP contribution in [0.2, 0.25) is 0 Å². The van der Waals surface area contributed by atoms with Crippen molar-refractivity contribution in [3.05, 3.63) is 24.3 Å². The summed E-state index contributed by atoms with van der Waals surface area (Å²) in [6.45, 7) is 1.37. The van der Waals surface area contributed by atoms with Crippen LogP contribution < -0.4 is 4.74 Å². The van der Waals surface area contributed by atoms with E-state index in [0.717, 1.165) is 4.90 Å². The van der Waals surface area contributed by atoms with Gasteiger partial charge in [-0.15, -0.1) is 17.7 Å². The Morgan fingerprint density at radius 3 is 2.41 bits per heavy atom. The molecule has 0 aromatic heterocycles. The van der Waals surface area contributed by atoms with Crippen LogP contribution in [0.15, 0.2) is 29.2 Å². The maximum Gasteiger partial charge on any atom is 0.436 e. The van der Waals surface area contributed by atoms with Crippen LogP contribution in [0.1, 0.15) is 6.92 Å². The van der Waals surface area contributed by atoms with Gasteiger partial charge in [-0.25, -0.2) is 0 Å². The van der Waals surface area contributed by atoms with Crippen LogP contribution in [0.3, 0.4) is 0 Å². The first kappa shape index (κ1) is 13.8. The van der Waals surface area contributed by atoms with Gasteiger partial charge in [0.2, 0.25) is 6.10 Å². The molecule has 1 rings (SSSR count). The summed E-state index contributed by atoms with van der Waals surface area (Å²) >= 11 is 1.50. The van der Waals surface area contributed by atoms with Crippen LogP contribution in [0.25, 0.3) is 0 Å². The minimum Gasteiger partial charge on any atom is -0.430 e. The topological polar surface area (TPSA) is 29.5 Å². The summed E-state index contributed by atoms with van der Waals surface area (Å²) in [6.07, 6.45) is -3.97. The third kappa shape index (κ3) is 3.91. The van der Waals surface area contributed by atoms with Crippen molar-refractivity contribution < 1.29 is 18.6 Å². The van der Waals surface area contributed by atoms with Gasteiger partial charge >= 0.3 is 6.11 Å². The number of ether oxygens (including phenoxy) is 1. The Kier molecular flexibility index (Phi) is 4.79. The second kappa shape index (κ2) is 5.89. The smallest absolute Gasteiger partial charge is 0.430 e. The predicted molar refractivity (Wildman–Crippen MR) is 63.3 cm³/mol. The highest BCUT2D eigenvalue weighted by atomic mass is 32.2. The van der Waals surface area contributed by atoms with Gasteiger partial charge in [-0.1, -0.05) is 5.92 Å². The van der Waals surface area contributed by atoms with Crippen molar-refractivity contribution in [2.75, 3.05) is 6.26 Å². The average molecular weight is 258 g/mol. The van der Waals surface area contributed by atoms with Crippen molar-refractivity contribution in [3.63, 3.8) is 0 Å². The lowest BCUT2D eigenvalue weighted by Crippen LogP contribution is -2.38. The van der Waals surface area contributed by atoms with Crippen LogP contribution in [0.5, 0.6) is 5.75 Å². The molecule has 0 aliphatic rings. The van der Waals surface area contributed by atoms with Crippen molar-refractivity contribution in [2.24, 2.45) is 0 Å². The van der Waals surface area contributed by atoms with E-state index in [0.29, 0.717) is 0 Å². The van der Waals surface area contributed by atoms with Gasteiger partial charge in [-0.2, -0.15) is 8.78 Å². The first-order valence-electron chi connectivity index (χ1n) is 4.81. The number of hydrogen-bond donors (Lipinski definition) is 1. The van der Waals surface area contributed by atoms with E-state index in [1.807, 2.05) is 12.2 Å². The summed E-state index contributed by atoms with van der Waals surface area (Å²) < 4.78 is 31.0. The maximum atomic E-state index is 13.3. The lowest BCUT2D eigenvalue weighted by Gasteiger charge is -2.19. The molecular weight excluding hydrogens is 246 g/mol. The zero-order valence-electron chi connectivity index (χ0n) is 9.41. The first-order valence-corrected chi connectivity index (χ1v) is 6.03. The minimum atomic E-state index is -3.72. The molecular formula is C12H12F2O2S. The fraction of sp³-hybridized carbons (Fsp3) is 0.333. The van der Waals surface area contributed by atoms with Gasteiger partial charge in [-0.05, 0) is 37.4 Å². The summed E-state index contributed by atoms with van der Waals surface area (Å²) in [5.74, 6) is 4.16. The van der Waals surface area contributed by atoms with E-state index in [9.17, 15) is 8.78 Å². The Morgan fingerprint density at radius 1 is 1.35 bits per heavy atom. The van der Waals surface area contributed by atoms with Gasteiger partial charge < -0.3 is 9.84 Å². The predicted octanol–water partition coefficient (Wildman–Crippen LogP) is 2.76. The Morgan fingerprint density at radius 2 is 1.94 bits per heavy atom. The molecule has 1 aromatic carbocycles. The standard InChI is InChI=1S/C12H12F2O2S/c1-3-4-11(15)12(13,14)16-9-5-7-10(17-2)8-6-9/h5-8,11,15H,1-2H3. The largest absolute Gasteiger partial charge is 0.436 e. The van der Waals surface area contributed by atoms with Gasteiger partial charge in [0.05, 0.1) is 0 Å². The van der Waals surface area contributed by atoms with Crippen LogP contribution >= 0.6 is 11.8 Å². The summed E-state index contributed by atoms with van der Waals surface area (Å²) in [6, 6.07) is 6.17. The molecule has 1 aromatic rings. The van der Waals surface area contributed by atoms with Crippen molar-refractivity contribution in [2.45, 2.75) is 24.0 Å². The number of aliphatic hydroxyl groups is 1. The van der Waals surface area contributed by atoms with E-state index in [1.54, 1.807) is 12.1 Å². The summed E-state index contributed by atoms with van der Waals surface area (Å²) in [7, 11) is 0. The van der Waals surface area contributed by atoms with Gasteiger partial charge in [0.25, 0.3) is 0 Å². The molecule has 0 spiro atoms. The number of aliphatic hydroxyl groups excluding tert-OH is 1. The van der Waals surface area contributed by atoms with Crippen molar-refractivity contribution >= 4 is 11.8 Å². The van der Waals surface area contributed by atoms with E-state index in [4.69, 9.17) is 5.11 Å². The lowest BCUT2D eigenvalue weighted by molar-refractivity contribution is -0.222. The number of rotatable bonds is 4. The SMILES string of the molecule is CC#CC(O)C(F)(F)Oc1ccc(SC)cc1. The van der Waals surface area contributed by atoms with E-state index < -0.39 is 12.2 Å². The second-order valence-corrected chi connectivity index (χ2v) is 4.02. The molecule has 0 fully saturated rings. The second-order valence-electron chi connectivity index (χ2n) is 3.14. The number of hydrogen-bond acceptors (Lipinski definition) is 3. The lowest BCUT2D eigenvalue weighted by atomic mass is 10.3. The Bertz CT molecular complexity index is 420. The van der Waals surface area contributed by atoms with E-state index >= 15 is 0 Å². The minimum absolute atomic E-state index is 0.00949. The number of alkyl halides is 2. The molecule has 1 atom stereocenters. The highest BCUT2D eigenvalue weighted by molar-refractivity contribution is 7.98. The van der Waals surface area contributed by atoms with Crippen molar-refractivity contribution in [1.29, 1.82) is 0 Å². The third-order valence-electron chi connectivity index (χ3n) is 1.91. The van der Waals surface area contributed by atoms with Gasteiger partial charge in [0, 0.05) is 4.90 Å². The molecule has 5 heteroatoms. The molecule has 17 heavy (non-hydrogen) atoms. The quantitative estimate of drug-likeness (QED) is 0.665. The molecule has 0 heterocycles. The molecule has 0 saturated carbocycles. The fourth-order valence-electron chi connectivity index (χ4n) is 1.08. The molecule has 1 unspecified atom stereocenters. The van der Waals surface area contributed by atoms with E-state index in [2.05, 4.69) is 10.7 Å². The van der Waals surface area contributed by atoms with Crippen molar-refractivity contribution in [1.82, 2.24) is 0 Å². The Hall–Kier alpha value is -1.25. The molecule has 0 radical (unpaired) electrons. The molecule has 0 amide bonds. The number of thioether (sulfide) groups is 1. The Labute approximate surface area is 103 Å². The average Bonchev–Trinajstić information content (AvgIpc) is 2.30. The van der Waals surface area contributed by atoms with Crippen molar-refractivity contribution in [3.8, 4) is 17.6 Å². The van der Waals surface area contributed by atoms with E-state index in [-0.39, 0.29) is 5.75 Å². The summed E-state index contributed by atoms with van der Waals surface area (Å²) in [4.78, 5) is 0.939. The summed E-state index contributed by atoms with van der Waals surface area (Å²) in [5.41, 5.74) is 0. The molecule has 0 aliphatic heterocycles. The van der Waals surface area contributed by atoms with Crippen LogP contribution in [0, 0.1) is 11.8 Å². The monoisotopic (exact) mass is 258 g/mol. The van der Waals surface area contributed by atoms with Gasteiger partial charge in [0.1, 0.15) is 5.75 Å². The van der Waals surface area contributed by atoms with Gasteiger partial charge in [0.15, 0.2) is 0 Å². The molecule has 92 valence electrons. The van der Waals surface area contributed by atoms with Gasteiger partial charge in [-0.3, -0.25) is 0 Å². The molecule has 0 bridgehead atoms. The Balaban J connectivity index is 2.77. The molecule has 0 saturated heterocycles. The zero-order chi connectivity index (χ0) is 12.9. The summed E-state index contributed by atoms with van der Waals surface area (Å²) in [5, 5.41) is 9.09. The van der Waals surface area contributed by atoms with E-state index in [1.165, 1.54) is 30.8 Å². The number of benzene rings is 1. The normalized spacial score (nSPS) is 12.5. The number of halogens is 2. The highest BCUT2D eigenvalue weighted by Gasteiger charge is 2.40. The maximum absolute atomic E-state index is 13.3. The third-order valence-corrected chi connectivity index (χ3v) is 2.66.